The molecular formula is C18H25N3O5. The van der Waals surface area contributed by atoms with Crippen molar-refractivity contribution in [2.75, 3.05) is 26.1 Å². The van der Waals surface area contributed by atoms with Crippen LogP contribution in [0.3, 0.4) is 0 Å². The molecule has 1 aromatic carbocycles. The Morgan fingerprint density at radius 2 is 1.81 bits per heavy atom. The van der Waals surface area contributed by atoms with Crippen molar-refractivity contribution in [1.82, 2.24) is 10.2 Å². The number of hydrogen-bond donors (Lipinski definition) is 2. The number of anilines is 1. The van der Waals surface area contributed by atoms with Crippen LogP contribution in [-0.2, 0) is 9.59 Å². The lowest BCUT2D eigenvalue weighted by molar-refractivity contribution is -0.133. The Morgan fingerprint density at radius 1 is 1.19 bits per heavy atom. The molecule has 26 heavy (non-hydrogen) atoms. The van der Waals surface area contributed by atoms with E-state index in [1.807, 2.05) is 6.92 Å². The highest BCUT2D eigenvalue weighted by molar-refractivity contribution is 6.09. The molecule has 1 aromatic rings. The second-order valence-corrected chi connectivity index (χ2v) is 6.41. The fourth-order valence-electron chi connectivity index (χ4n) is 2.81. The Kier molecular flexibility index (Phi) is 6.07. The molecule has 1 aliphatic heterocycles. The van der Waals surface area contributed by atoms with Crippen LogP contribution in [0.1, 0.15) is 33.1 Å². The molecule has 1 fully saturated rings. The zero-order valence-corrected chi connectivity index (χ0v) is 15.5. The van der Waals surface area contributed by atoms with Gasteiger partial charge in [0.1, 0.15) is 23.6 Å². The van der Waals surface area contributed by atoms with E-state index < -0.39 is 17.5 Å². The molecule has 0 bridgehead atoms. The summed E-state index contributed by atoms with van der Waals surface area (Å²) < 4.78 is 10.3. The van der Waals surface area contributed by atoms with Crippen LogP contribution in [0.15, 0.2) is 18.2 Å². The number of methoxy groups -OCH3 is 2. The number of nitrogens with one attached hydrogen (secondary N) is 2. The summed E-state index contributed by atoms with van der Waals surface area (Å²) in [6, 6.07) is 4.37. The van der Waals surface area contributed by atoms with Gasteiger partial charge in [0, 0.05) is 23.9 Å². The fraction of sp³-hybridized carbons (Fsp3) is 0.500. The van der Waals surface area contributed by atoms with E-state index in [4.69, 9.17) is 9.47 Å². The number of imide groups is 1. The van der Waals surface area contributed by atoms with Gasteiger partial charge in [-0.1, -0.05) is 19.8 Å². The topological polar surface area (TPSA) is 97.0 Å². The average molecular weight is 363 g/mol. The van der Waals surface area contributed by atoms with Gasteiger partial charge in [-0.05, 0) is 13.3 Å². The van der Waals surface area contributed by atoms with Crippen molar-refractivity contribution in [3.63, 3.8) is 0 Å². The predicted molar refractivity (Wildman–Crippen MR) is 96.4 cm³/mol. The Hall–Kier alpha value is -2.77. The van der Waals surface area contributed by atoms with Crippen LogP contribution in [0, 0.1) is 0 Å². The van der Waals surface area contributed by atoms with Crippen LogP contribution < -0.4 is 20.1 Å². The maximum Gasteiger partial charge on any atom is 0.325 e. The zero-order chi connectivity index (χ0) is 19.3. The molecule has 8 nitrogen and oxygen atoms in total. The van der Waals surface area contributed by atoms with E-state index in [0.29, 0.717) is 23.6 Å². The molecule has 1 aliphatic rings. The quantitative estimate of drug-likeness (QED) is 0.690. The molecule has 0 radical (unpaired) electrons. The molecule has 1 heterocycles. The second-order valence-electron chi connectivity index (χ2n) is 6.41. The molecular weight excluding hydrogens is 338 g/mol. The molecule has 8 heteroatoms. The van der Waals surface area contributed by atoms with Gasteiger partial charge < -0.3 is 20.1 Å². The SMILES string of the molecule is CCCC[C@]1(C)NC(=O)N(CC(=O)Nc2cc(OC)cc(OC)c2)C1=O. The summed E-state index contributed by atoms with van der Waals surface area (Å²) in [6.45, 7) is 3.35. The normalized spacial score (nSPS) is 19.3. The minimum absolute atomic E-state index is 0.355. The third-order valence-corrected chi connectivity index (χ3v) is 4.31. The number of urea groups is 1. The van der Waals surface area contributed by atoms with Gasteiger partial charge in [-0.3, -0.25) is 14.5 Å². The number of rotatable bonds is 8. The lowest BCUT2D eigenvalue weighted by Gasteiger charge is -2.21. The lowest BCUT2D eigenvalue weighted by atomic mass is 9.95. The Balaban J connectivity index is 2.06. The molecule has 1 atom stereocenters. The van der Waals surface area contributed by atoms with Crippen LogP contribution in [-0.4, -0.2) is 49.0 Å². The number of benzene rings is 1. The van der Waals surface area contributed by atoms with E-state index in [1.165, 1.54) is 14.2 Å². The highest BCUT2D eigenvalue weighted by Gasteiger charge is 2.47. The number of ether oxygens (including phenoxy) is 2. The summed E-state index contributed by atoms with van der Waals surface area (Å²) in [6.07, 6.45) is 2.27. The van der Waals surface area contributed by atoms with Crippen LogP contribution in [0.4, 0.5) is 10.5 Å². The van der Waals surface area contributed by atoms with Gasteiger partial charge in [-0.2, -0.15) is 0 Å². The van der Waals surface area contributed by atoms with E-state index in [-0.39, 0.29) is 12.5 Å². The van der Waals surface area contributed by atoms with Gasteiger partial charge in [-0.25, -0.2) is 4.79 Å². The molecule has 4 amide bonds. The van der Waals surface area contributed by atoms with Crippen molar-refractivity contribution in [2.24, 2.45) is 0 Å². The average Bonchev–Trinajstić information content (AvgIpc) is 2.83. The standard InChI is InChI=1S/C18H25N3O5/c1-5-6-7-18(2)16(23)21(17(24)20-18)11-15(22)19-12-8-13(25-3)10-14(9-12)26-4/h8-10H,5-7,11H2,1-4H3,(H,19,22)(H,20,24)/t18-/m0/s1. The summed E-state index contributed by atoms with van der Waals surface area (Å²) in [4.78, 5) is 37.9. The smallest absolute Gasteiger partial charge is 0.325 e. The minimum atomic E-state index is -0.952. The monoisotopic (exact) mass is 363 g/mol. The summed E-state index contributed by atoms with van der Waals surface area (Å²) in [5.41, 5.74) is -0.501. The molecule has 2 N–H and O–H groups in total. The number of nitrogens with zero attached hydrogens (tertiary/aromatic N) is 1. The Labute approximate surface area is 152 Å². The molecule has 2 rings (SSSR count). The number of carbonyl (C=O) groups is 3. The van der Waals surface area contributed by atoms with Gasteiger partial charge >= 0.3 is 6.03 Å². The number of carbonyl (C=O) groups excluding carboxylic acids is 3. The minimum Gasteiger partial charge on any atom is -0.497 e. The van der Waals surface area contributed by atoms with Gasteiger partial charge in [0.2, 0.25) is 5.91 Å². The van der Waals surface area contributed by atoms with E-state index in [2.05, 4.69) is 10.6 Å². The first-order chi connectivity index (χ1) is 12.3. The van der Waals surface area contributed by atoms with Crippen molar-refractivity contribution >= 4 is 23.5 Å². The second kappa shape index (κ2) is 8.07. The zero-order valence-electron chi connectivity index (χ0n) is 15.5. The van der Waals surface area contributed by atoms with Crippen molar-refractivity contribution < 1.29 is 23.9 Å². The summed E-state index contributed by atoms with van der Waals surface area (Å²) in [7, 11) is 3.01. The number of hydrogen-bond acceptors (Lipinski definition) is 5. The highest BCUT2D eigenvalue weighted by Crippen LogP contribution is 2.26. The molecule has 0 saturated carbocycles. The third kappa shape index (κ3) is 4.25. The molecule has 142 valence electrons. The molecule has 0 spiro atoms. The lowest BCUT2D eigenvalue weighted by Crippen LogP contribution is -2.44. The van der Waals surface area contributed by atoms with Gasteiger partial charge in [0.05, 0.1) is 14.2 Å². The summed E-state index contributed by atoms with van der Waals surface area (Å²) in [5, 5.41) is 5.35. The maximum absolute atomic E-state index is 12.6. The summed E-state index contributed by atoms with van der Waals surface area (Å²) in [5.74, 6) is 0.168. The first-order valence-corrected chi connectivity index (χ1v) is 8.50. The van der Waals surface area contributed by atoms with Crippen molar-refractivity contribution in [1.29, 1.82) is 0 Å². The number of unbranched alkanes of at least 4 members (excludes halogenated alkanes) is 1. The van der Waals surface area contributed by atoms with E-state index in [9.17, 15) is 14.4 Å². The van der Waals surface area contributed by atoms with Crippen LogP contribution in [0.25, 0.3) is 0 Å². The Morgan fingerprint density at radius 3 is 2.35 bits per heavy atom. The van der Waals surface area contributed by atoms with Crippen molar-refractivity contribution in [2.45, 2.75) is 38.6 Å². The molecule has 0 unspecified atom stereocenters. The van der Waals surface area contributed by atoms with E-state index in [0.717, 1.165) is 17.7 Å². The van der Waals surface area contributed by atoms with Gasteiger partial charge in [0.25, 0.3) is 5.91 Å². The third-order valence-electron chi connectivity index (χ3n) is 4.31. The fourth-order valence-corrected chi connectivity index (χ4v) is 2.81. The Bertz CT molecular complexity index is 684. The maximum atomic E-state index is 12.6. The molecule has 0 aliphatic carbocycles. The largest absolute Gasteiger partial charge is 0.497 e. The molecule has 0 aromatic heterocycles. The number of amides is 4. The summed E-state index contributed by atoms with van der Waals surface area (Å²) >= 11 is 0. The van der Waals surface area contributed by atoms with Crippen LogP contribution in [0.2, 0.25) is 0 Å². The first-order valence-electron chi connectivity index (χ1n) is 8.50. The van der Waals surface area contributed by atoms with Crippen LogP contribution >= 0.6 is 0 Å². The van der Waals surface area contributed by atoms with Crippen LogP contribution in [0.5, 0.6) is 11.5 Å². The highest BCUT2D eigenvalue weighted by atomic mass is 16.5. The van der Waals surface area contributed by atoms with Crippen molar-refractivity contribution in [3.05, 3.63) is 18.2 Å². The molecule has 1 saturated heterocycles. The first kappa shape index (κ1) is 19.6. The van der Waals surface area contributed by atoms with Gasteiger partial charge in [0.15, 0.2) is 0 Å². The van der Waals surface area contributed by atoms with Crippen molar-refractivity contribution in [3.8, 4) is 11.5 Å². The van der Waals surface area contributed by atoms with E-state index in [1.54, 1.807) is 25.1 Å². The van der Waals surface area contributed by atoms with E-state index >= 15 is 0 Å². The van der Waals surface area contributed by atoms with Gasteiger partial charge in [-0.15, -0.1) is 0 Å². The predicted octanol–water partition coefficient (Wildman–Crippen LogP) is 2.14.